The summed E-state index contributed by atoms with van der Waals surface area (Å²) in [6.45, 7) is 0.271. The molecule has 0 fully saturated rings. The molecular formula is C19H23ClF2N4O2. The molecule has 0 aliphatic carbocycles. The van der Waals surface area contributed by atoms with Crippen molar-refractivity contribution in [1.82, 2.24) is 15.6 Å². The van der Waals surface area contributed by atoms with Gasteiger partial charge in [-0.1, -0.05) is 24.6 Å². The minimum absolute atomic E-state index is 0.0634. The lowest BCUT2D eigenvalue weighted by atomic mass is 10.2. The molecule has 6 nitrogen and oxygen atoms in total. The monoisotopic (exact) mass is 412 g/mol. The van der Waals surface area contributed by atoms with Gasteiger partial charge in [0.2, 0.25) is 0 Å². The maximum absolute atomic E-state index is 12.8. The van der Waals surface area contributed by atoms with Crippen LogP contribution in [-0.2, 0) is 13.1 Å². The van der Waals surface area contributed by atoms with E-state index in [0.717, 1.165) is 12.0 Å². The second-order valence-corrected chi connectivity index (χ2v) is 6.15. The summed E-state index contributed by atoms with van der Waals surface area (Å²) in [6, 6.07) is 8.42. The molecule has 2 N–H and O–H groups in total. The number of benzene rings is 1. The minimum atomic E-state index is -2.92. The normalized spacial score (nSPS) is 11.4. The van der Waals surface area contributed by atoms with Crippen molar-refractivity contribution in [2.24, 2.45) is 4.99 Å². The highest BCUT2D eigenvalue weighted by Gasteiger charge is 2.12. The molecule has 1 aromatic heterocycles. The van der Waals surface area contributed by atoms with Crippen LogP contribution in [0.5, 0.6) is 11.5 Å². The number of aliphatic imine (C=N–C) groups is 1. The third-order valence-electron chi connectivity index (χ3n) is 3.65. The molecule has 9 heteroatoms. The van der Waals surface area contributed by atoms with E-state index >= 15 is 0 Å². The predicted octanol–water partition coefficient (Wildman–Crippen LogP) is 3.99. The number of nitrogens with zero attached hydrogens (tertiary/aromatic N) is 2. The fourth-order valence-electron chi connectivity index (χ4n) is 2.29. The van der Waals surface area contributed by atoms with Crippen molar-refractivity contribution in [1.29, 1.82) is 0 Å². The van der Waals surface area contributed by atoms with Crippen molar-refractivity contribution < 1.29 is 18.3 Å². The summed E-state index contributed by atoms with van der Waals surface area (Å²) in [4.78, 5) is 8.13. The molecule has 0 amide bonds. The maximum atomic E-state index is 12.8. The maximum Gasteiger partial charge on any atom is 0.387 e. The first kappa shape index (κ1) is 21.7. The number of alkyl halides is 2. The van der Waals surface area contributed by atoms with E-state index in [1.54, 1.807) is 31.4 Å². The molecule has 0 bridgehead atoms. The Morgan fingerprint density at radius 3 is 2.64 bits per heavy atom. The van der Waals surface area contributed by atoms with Gasteiger partial charge in [0.1, 0.15) is 16.7 Å². The quantitative estimate of drug-likeness (QED) is 0.370. The van der Waals surface area contributed by atoms with Crippen LogP contribution < -0.4 is 20.1 Å². The smallest absolute Gasteiger partial charge is 0.387 e. The number of pyridine rings is 1. The fraction of sp³-hybridized carbons (Fsp3) is 0.368. The standard InChI is InChI=1S/C19H23ClF2N4O2/c1-3-8-27-15-6-5-14(16(9-15)28-18(21)22)12-26-19(23-2)25-11-13-4-7-17(20)24-10-13/h4-7,9-10,18H,3,8,11-12H2,1-2H3,(H2,23,25,26). The van der Waals surface area contributed by atoms with E-state index in [1.165, 1.54) is 6.07 Å². The Kier molecular flexibility index (Phi) is 8.74. The van der Waals surface area contributed by atoms with Crippen molar-refractivity contribution in [2.75, 3.05) is 13.7 Å². The Morgan fingerprint density at radius 1 is 1.21 bits per heavy atom. The highest BCUT2D eigenvalue weighted by atomic mass is 35.5. The highest BCUT2D eigenvalue weighted by Crippen LogP contribution is 2.26. The highest BCUT2D eigenvalue weighted by molar-refractivity contribution is 6.29. The molecule has 0 aliphatic rings. The first-order valence-electron chi connectivity index (χ1n) is 8.77. The Balaban J connectivity index is 1.98. The molecule has 0 radical (unpaired) electrons. The van der Waals surface area contributed by atoms with E-state index in [2.05, 4.69) is 25.3 Å². The van der Waals surface area contributed by atoms with Gasteiger partial charge in [-0.25, -0.2) is 4.98 Å². The van der Waals surface area contributed by atoms with Crippen LogP contribution in [0.25, 0.3) is 0 Å². The summed E-state index contributed by atoms with van der Waals surface area (Å²) < 4.78 is 35.6. The van der Waals surface area contributed by atoms with Gasteiger partial charge in [0.25, 0.3) is 0 Å². The van der Waals surface area contributed by atoms with Gasteiger partial charge in [-0.05, 0) is 30.2 Å². The van der Waals surface area contributed by atoms with Gasteiger partial charge in [-0.15, -0.1) is 0 Å². The van der Waals surface area contributed by atoms with Crippen molar-refractivity contribution >= 4 is 17.6 Å². The summed E-state index contributed by atoms with van der Waals surface area (Å²) in [6.07, 6.45) is 2.48. The zero-order valence-electron chi connectivity index (χ0n) is 15.7. The molecule has 1 heterocycles. The predicted molar refractivity (Wildman–Crippen MR) is 105 cm³/mol. The Labute approximate surface area is 167 Å². The van der Waals surface area contributed by atoms with Crippen LogP contribution in [0, 0.1) is 0 Å². The zero-order valence-corrected chi connectivity index (χ0v) is 16.5. The summed E-state index contributed by atoms with van der Waals surface area (Å²) in [5, 5.41) is 6.61. The minimum Gasteiger partial charge on any atom is -0.493 e. The SMILES string of the molecule is CCCOc1ccc(CNC(=NC)NCc2ccc(Cl)nc2)c(OC(F)F)c1. The van der Waals surface area contributed by atoms with E-state index in [0.29, 0.717) is 35.6 Å². The van der Waals surface area contributed by atoms with Crippen LogP contribution in [0.2, 0.25) is 5.15 Å². The lowest BCUT2D eigenvalue weighted by molar-refractivity contribution is -0.0505. The van der Waals surface area contributed by atoms with Gasteiger partial charge >= 0.3 is 6.61 Å². The summed E-state index contributed by atoms with van der Waals surface area (Å²) in [7, 11) is 1.62. The first-order chi connectivity index (χ1) is 13.5. The van der Waals surface area contributed by atoms with E-state index in [4.69, 9.17) is 16.3 Å². The molecule has 1 aromatic carbocycles. The van der Waals surface area contributed by atoms with E-state index in [1.807, 2.05) is 13.0 Å². The lowest BCUT2D eigenvalue weighted by Gasteiger charge is -2.16. The van der Waals surface area contributed by atoms with E-state index < -0.39 is 6.61 Å². The van der Waals surface area contributed by atoms with Gasteiger partial charge in [-0.3, -0.25) is 4.99 Å². The second-order valence-electron chi connectivity index (χ2n) is 5.76. The summed E-state index contributed by atoms with van der Waals surface area (Å²) in [5.41, 5.74) is 1.48. The number of aromatic nitrogens is 1. The number of ether oxygens (including phenoxy) is 2. The molecule has 152 valence electrons. The number of hydrogen-bond donors (Lipinski definition) is 2. The Morgan fingerprint density at radius 2 is 2.00 bits per heavy atom. The Bertz CT molecular complexity index is 773. The molecular weight excluding hydrogens is 390 g/mol. The molecule has 0 unspecified atom stereocenters. The third kappa shape index (κ3) is 7.19. The second kappa shape index (κ2) is 11.3. The van der Waals surface area contributed by atoms with Crippen molar-refractivity contribution in [3.63, 3.8) is 0 Å². The van der Waals surface area contributed by atoms with Crippen LogP contribution in [0.3, 0.4) is 0 Å². The van der Waals surface area contributed by atoms with Gasteiger partial charge in [0.15, 0.2) is 5.96 Å². The molecule has 28 heavy (non-hydrogen) atoms. The third-order valence-corrected chi connectivity index (χ3v) is 3.87. The molecule has 0 saturated heterocycles. The van der Waals surface area contributed by atoms with Crippen LogP contribution in [0.1, 0.15) is 24.5 Å². The Hall–Kier alpha value is -2.61. The molecule has 2 aromatic rings. The van der Waals surface area contributed by atoms with Gasteiger partial charge in [0.05, 0.1) is 6.61 Å². The zero-order chi connectivity index (χ0) is 20.4. The average molecular weight is 413 g/mol. The largest absolute Gasteiger partial charge is 0.493 e. The number of nitrogens with one attached hydrogen (secondary N) is 2. The van der Waals surface area contributed by atoms with Gasteiger partial charge in [-0.2, -0.15) is 8.78 Å². The van der Waals surface area contributed by atoms with Gasteiger partial charge in [0, 0.05) is 38.0 Å². The van der Waals surface area contributed by atoms with Crippen LogP contribution >= 0.6 is 11.6 Å². The van der Waals surface area contributed by atoms with E-state index in [-0.39, 0.29) is 12.3 Å². The first-order valence-corrected chi connectivity index (χ1v) is 9.15. The number of rotatable bonds is 9. The summed E-state index contributed by atoms with van der Waals surface area (Å²) in [5.74, 6) is 1.05. The fourth-order valence-corrected chi connectivity index (χ4v) is 2.40. The number of guanidine groups is 1. The van der Waals surface area contributed by atoms with E-state index in [9.17, 15) is 8.78 Å². The van der Waals surface area contributed by atoms with Crippen molar-refractivity contribution in [2.45, 2.75) is 33.0 Å². The van der Waals surface area contributed by atoms with Crippen molar-refractivity contribution in [3.05, 3.63) is 52.8 Å². The average Bonchev–Trinajstić information content (AvgIpc) is 2.68. The molecule has 0 saturated carbocycles. The van der Waals surface area contributed by atoms with Crippen LogP contribution in [0.4, 0.5) is 8.78 Å². The van der Waals surface area contributed by atoms with Crippen molar-refractivity contribution in [3.8, 4) is 11.5 Å². The van der Waals surface area contributed by atoms with Gasteiger partial charge < -0.3 is 20.1 Å². The lowest BCUT2D eigenvalue weighted by Crippen LogP contribution is -2.36. The molecule has 0 atom stereocenters. The number of halogens is 3. The molecule has 2 rings (SSSR count). The number of hydrogen-bond acceptors (Lipinski definition) is 4. The molecule has 0 aliphatic heterocycles. The van der Waals surface area contributed by atoms with Crippen LogP contribution in [0.15, 0.2) is 41.5 Å². The molecule has 0 spiro atoms. The summed E-state index contributed by atoms with van der Waals surface area (Å²) >= 11 is 5.77. The van der Waals surface area contributed by atoms with Crippen LogP contribution in [-0.4, -0.2) is 31.2 Å². The topological polar surface area (TPSA) is 67.8 Å².